The molecular formula is C17H27ClN2O. The lowest BCUT2D eigenvalue weighted by molar-refractivity contribution is -0.135. The van der Waals surface area contributed by atoms with Crippen LogP contribution in [0.1, 0.15) is 51.6 Å². The van der Waals surface area contributed by atoms with Crippen molar-refractivity contribution in [1.82, 2.24) is 4.90 Å². The van der Waals surface area contributed by atoms with Crippen LogP contribution in [0.25, 0.3) is 0 Å². The summed E-state index contributed by atoms with van der Waals surface area (Å²) in [6.45, 7) is 6.02. The van der Waals surface area contributed by atoms with E-state index in [1.165, 1.54) is 0 Å². The van der Waals surface area contributed by atoms with E-state index < -0.39 is 0 Å². The molecule has 0 radical (unpaired) electrons. The van der Waals surface area contributed by atoms with E-state index in [2.05, 4.69) is 0 Å². The summed E-state index contributed by atoms with van der Waals surface area (Å²) in [4.78, 5) is 14.3. The number of benzene rings is 1. The Bertz CT molecular complexity index is 462. The molecule has 4 heteroatoms. The molecule has 3 nitrogen and oxygen atoms in total. The van der Waals surface area contributed by atoms with Crippen LogP contribution in [0.5, 0.6) is 0 Å². The Morgan fingerprint density at radius 3 is 2.52 bits per heavy atom. The Morgan fingerprint density at radius 1 is 1.29 bits per heavy atom. The largest absolute Gasteiger partial charge is 0.339 e. The molecule has 0 spiro atoms. The minimum absolute atomic E-state index is 0.0204. The maximum Gasteiger partial charge on any atom is 0.225 e. The molecule has 2 N–H and O–H groups in total. The van der Waals surface area contributed by atoms with Crippen LogP contribution in [0, 0.1) is 5.92 Å². The minimum Gasteiger partial charge on any atom is -0.339 e. The quantitative estimate of drug-likeness (QED) is 0.827. The molecule has 0 aliphatic rings. The third-order valence-corrected chi connectivity index (χ3v) is 4.21. The molecule has 0 aliphatic heterocycles. The topological polar surface area (TPSA) is 46.3 Å². The number of amides is 1. The standard InChI is InChI=1S/C17H27ClN2O/c1-12(7-5-8-13(2)19)17(21)20(4)14(3)15-9-6-10-16(18)11-15/h6,9-14H,5,7-8,19H2,1-4H3. The summed E-state index contributed by atoms with van der Waals surface area (Å²) in [5, 5.41) is 0.699. The van der Waals surface area contributed by atoms with Crippen molar-refractivity contribution in [3.63, 3.8) is 0 Å². The van der Waals surface area contributed by atoms with Crippen LogP contribution >= 0.6 is 11.6 Å². The van der Waals surface area contributed by atoms with E-state index in [1.807, 2.05) is 57.0 Å². The molecule has 1 amide bonds. The summed E-state index contributed by atoms with van der Waals surface area (Å²) in [6.07, 6.45) is 2.84. The van der Waals surface area contributed by atoms with Gasteiger partial charge in [0.15, 0.2) is 0 Å². The van der Waals surface area contributed by atoms with E-state index >= 15 is 0 Å². The van der Waals surface area contributed by atoms with E-state index in [1.54, 1.807) is 0 Å². The molecule has 0 saturated carbocycles. The summed E-state index contributed by atoms with van der Waals surface area (Å²) in [7, 11) is 1.86. The van der Waals surface area contributed by atoms with Crippen LogP contribution in [0.3, 0.4) is 0 Å². The molecule has 1 aromatic carbocycles. The van der Waals surface area contributed by atoms with Crippen molar-refractivity contribution >= 4 is 17.5 Å². The average Bonchev–Trinajstić information content (AvgIpc) is 2.44. The Labute approximate surface area is 133 Å². The second-order valence-corrected chi connectivity index (χ2v) is 6.43. The first kappa shape index (κ1) is 18.0. The van der Waals surface area contributed by atoms with Gasteiger partial charge in [-0.25, -0.2) is 0 Å². The van der Waals surface area contributed by atoms with Gasteiger partial charge in [0.1, 0.15) is 0 Å². The second-order valence-electron chi connectivity index (χ2n) is 5.99. The van der Waals surface area contributed by atoms with E-state index in [-0.39, 0.29) is 23.9 Å². The van der Waals surface area contributed by atoms with Crippen LogP contribution in [0.2, 0.25) is 5.02 Å². The molecule has 1 aromatic rings. The van der Waals surface area contributed by atoms with Gasteiger partial charge in [0, 0.05) is 24.0 Å². The summed E-state index contributed by atoms with van der Waals surface area (Å²) in [5.41, 5.74) is 6.80. The third kappa shape index (κ3) is 5.68. The summed E-state index contributed by atoms with van der Waals surface area (Å²) < 4.78 is 0. The Kier molecular flexibility index (Phi) is 7.20. The van der Waals surface area contributed by atoms with Gasteiger partial charge < -0.3 is 10.6 Å². The molecule has 3 unspecified atom stereocenters. The zero-order valence-electron chi connectivity index (χ0n) is 13.5. The van der Waals surface area contributed by atoms with Crippen molar-refractivity contribution in [3.8, 4) is 0 Å². The van der Waals surface area contributed by atoms with Crippen molar-refractivity contribution < 1.29 is 4.79 Å². The van der Waals surface area contributed by atoms with Gasteiger partial charge in [-0.2, -0.15) is 0 Å². The van der Waals surface area contributed by atoms with E-state index in [0.717, 1.165) is 24.8 Å². The fourth-order valence-electron chi connectivity index (χ4n) is 2.40. The van der Waals surface area contributed by atoms with Crippen molar-refractivity contribution in [3.05, 3.63) is 34.9 Å². The summed E-state index contributed by atoms with van der Waals surface area (Å²) in [5.74, 6) is 0.197. The van der Waals surface area contributed by atoms with Gasteiger partial charge >= 0.3 is 0 Å². The lowest BCUT2D eigenvalue weighted by Crippen LogP contribution is -2.34. The number of rotatable bonds is 7. The van der Waals surface area contributed by atoms with Crippen molar-refractivity contribution in [1.29, 1.82) is 0 Å². The Balaban J connectivity index is 2.60. The fourth-order valence-corrected chi connectivity index (χ4v) is 2.60. The lowest BCUT2D eigenvalue weighted by Gasteiger charge is -2.28. The number of carbonyl (C=O) groups excluding carboxylic acids is 1. The molecule has 0 fully saturated rings. The highest BCUT2D eigenvalue weighted by Crippen LogP contribution is 2.24. The van der Waals surface area contributed by atoms with Gasteiger partial charge in [-0.05, 0) is 44.4 Å². The van der Waals surface area contributed by atoms with Crippen LogP contribution in [0.4, 0.5) is 0 Å². The zero-order chi connectivity index (χ0) is 16.0. The molecule has 118 valence electrons. The first-order chi connectivity index (χ1) is 9.82. The van der Waals surface area contributed by atoms with E-state index in [4.69, 9.17) is 17.3 Å². The highest BCUT2D eigenvalue weighted by molar-refractivity contribution is 6.30. The first-order valence-electron chi connectivity index (χ1n) is 7.60. The smallest absolute Gasteiger partial charge is 0.225 e. The van der Waals surface area contributed by atoms with Gasteiger partial charge in [0.25, 0.3) is 0 Å². The van der Waals surface area contributed by atoms with E-state index in [0.29, 0.717) is 5.02 Å². The molecular weight excluding hydrogens is 284 g/mol. The monoisotopic (exact) mass is 310 g/mol. The molecule has 21 heavy (non-hydrogen) atoms. The van der Waals surface area contributed by atoms with Crippen LogP contribution < -0.4 is 5.73 Å². The van der Waals surface area contributed by atoms with Gasteiger partial charge in [-0.15, -0.1) is 0 Å². The van der Waals surface area contributed by atoms with Gasteiger partial charge in [0.05, 0.1) is 6.04 Å². The number of nitrogens with two attached hydrogens (primary N) is 1. The lowest BCUT2D eigenvalue weighted by atomic mass is 9.99. The molecule has 0 aliphatic carbocycles. The predicted molar refractivity (Wildman–Crippen MR) is 89.3 cm³/mol. The number of halogens is 1. The number of nitrogens with zero attached hydrogens (tertiary/aromatic N) is 1. The zero-order valence-corrected chi connectivity index (χ0v) is 14.2. The van der Waals surface area contributed by atoms with Gasteiger partial charge in [-0.1, -0.05) is 37.1 Å². The van der Waals surface area contributed by atoms with Crippen molar-refractivity contribution in [2.45, 2.75) is 52.1 Å². The normalized spacial score (nSPS) is 15.3. The van der Waals surface area contributed by atoms with Crippen LogP contribution in [-0.2, 0) is 4.79 Å². The third-order valence-electron chi connectivity index (χ3n) is 3.98. The average molecular weight is 311 g/mol. The highest BCUT2D eigenvalue weighted by atomic mass is 35.5. The number of carbonyl (C=O) groups is 1. The molecule has 0 heterocycles. The molecule has 0 saturated heterocycles. The second kappa shape index (κ2) is 8.40. The maximum absolute atomic E-state index is 12.5. The summed E-state index contributed by atoms with van der Waals surface area (Å²) >= 11 is 6.02. The Hall–Kier alpha value is -1.06. The maximum atomic E-state index is 12.5. The van der Waals surface area contributed by atoms with Crippen LogP contribution in [-0.4, -0.2) is 23.9 Å². The molecule has 3 atom stereocenters. The Morgan fingerprint density at radius 2 is 1.95 bits per heavy atom. The van der Waals surface area contributed by atoms with Crippen molar-refractivity contribution in [2.24, 2.45) is 11.7 Å². The van der Waals surface area contributed by atoms with Gasteiger partial charge in [0.2, 0.25) is 5.91 Å². The fraction of sp³-hybridized carbons (Fsp3) is 0.588. The molecule has 0 aromatic heterocycles. The predicted octanol–water partition coefficient (Wildman–Crippen LogP) is 4.01. The van der Waals surface area contributed by atoms with Gasteiger partial charge in [-0.3, -0.25) is 4.79 Å². The number of hydrogen-bond donors (Lipinski definition) is 1. The number of hydrogen-bond acceptors (Lipinski definition) is 2. The minimum atomic E-state index is 0.0204. The van der Waals surface area contributed by atoms with Crippen LogP contribution in [0.15, 0.2) is 24.3 Å². The molecule has 1 rings (SSSR count). The highest BCUT2D eigenvalue weighted by Gasteiger charge is 2.22. The SMILES string of the molecule is CC(N)CCCC(C)C(=O)N(C)C(C)c1cccc(Cl)c1. The van der Waals surface area contributed by atoms with Crippen molar-refractivity contribution in [2.75, 3.05) is 7.05 Å². The molecule has 0 bridgehead atoms. The van der Waals surface area contributed by atoms with E-state index in [9.17, 15) is 4.79 Å². The first-order valence-corrected chi connectivity index (χ1v) is 7.98. The summed E-state index contributed by atoms with van der Waals surface area (Å²) in [6, 6.07) is 7.90.